The van der Waals surface area contributed by atoms with Crippen LogP contribution in [0.4, 0.5) is 0 Å². The van der Waals surface area contributed by atoms with Gasteiger partial charge < -0.3 is 9.32 Å². The van der Waals surface area contributed by atoms with E-state index in [-0.39, 0.29) is 11.3 Å². The van der Waals surface area contributed by atoms with Gasteiger partial charge in [0.2, 0.25) is 17.7 Å². The number of amides is 1. The molecule has 4 rings (SSSR count). The summed E-state index contributed by atoms with van der Waals surface area (Å²) in [6.45, 7) is 10.4. The van der Waals surface area contributed by atoms with Crippen LogP contribution in [0.3, 0.4) is 0 Å². The lowest BCUT2D eigenvalue weighted by molar-refractivity contribution is -0.132. The average Bonchev–Trinajstić information content (AvgIpc) is 3.01. The summed E-state index contributed by atoms with van der Waals surface area (Å²) in [6.07, 6.45) is 3.61. The van der Waals surface area contributed by atoms with Crippen molar-refractivity contribution >= 4 is 5.91 Å². The fraction of sp³-hybridized carbons (Fsp3) is 0.684. The smallest absolute Gasteiger partial charge is 0.227 e. The number of aryl methyl sites for hydroxylation is 3. The molecule has 1 saturated carbocycles. The molecule has 26 heavy (non-hydrogen) atoms. The van der Waals surface area contributed by atoms with E-state index in [4.69, 9.17) is 4.42 Å². The number of aromatic nitrogens is 4. The summed E-state index contributed by atoms with van der Waals surface area (Å²) in [6, 6.07) is 0. The highest BCUT2D eigenvalue weighted by Crippen LogP contribution is 2.64. The molecule has 7 heteroatoms. The van der Waals surface area contributed by atoms with Crippen molar-refractivity contribution in [3.05, 3.63) is 28.7 Å². The first-order valence-electron chi connectivity index (χ1n) is 9.54. The Hall–Kier alpha value is -2.18. The van der Waals surface area contributed by atoms with Crippen LogP contribution in [0.2, 0.25) is 0 Å². The Labute approximate surface area is 153 Å². The highest BCUT2D eigenvalue weighted by Gasteiger charge is 2.58. The quantitative estimate of drug-likeness (QED) is 0.840. The zero-order valence-corrected chi connectivity index (χ0v) is 16.1. The van der Waals surface area contributed by atoms with Gasteiger partial charge in [0, 0.05) is 43.7 Å². The molecule has 2 aliphatic rings. The minimum Gasteiger partial charge on any atom is -0.425 e. The first kappa shape index (κ1) is 17.2. The van der Waals surface area contributed by atoms with E-state index >= 15 is 0 Å². The molecular weight excluding hydrogens is 330 g/mol. The van der Waals surface area contributed by atoms with Gasteiger partial charge in [-0.05, 0) is 45.4 Å². The summed E-state index contributed by atoms with van der Waals surface area (Å²) >= 11 is 0. The summed E-state index contributed by atoms with van der Waals surface area (Å²) in [5.74, 6) is 2.01. The third-order valence-electron chi connectivity index (χ3n) is 6.30. The number of likely N-dealkylation sites (tertiary alicyclic amines) is 1. The number of rotatable bonds is 4. The van der Waals surface area contributed by atoms with E-state index in [9.17, 15) is 4.79 Å². The van der Waals surface area contributed by atoms with E-state index in [1.54, 1.807) is 0 Å². The Balaban J connectivity index is 1.37. The molecule has 2 aromatic rings. The molecule has 3 heterocycles. The molecule has 0 N–H and O–H groups in total. The fourth-order valence-corrected chi connectivity index (χ4v) is 4.46. The van der Waals surface area contributed by atoms with E-state index in [0.717, 1.165) is 61.7 Å². The van der Waals surface area contributed by atoms with Crippen LogP contribution in [0.5, 0.6) is 0 Å². The van der Waals surface area contributed by atoms with E-state index in [0.29, 0.717) is 18.2 Å². The summed E-state index contributed by atoms with van der Waals surface area (Å²) in [5.41, 5.74) is 3.44. The van der Waals surface area contributed by atoms with Crippen molar-refractivity contribution in [2.24, 2.45) is 5.41 Å². The van der Waals surface area contributed by atoms with E-state index in [1.807, 2.05) is 23.4 Å². The van der Waals surface area contributed by atoms with Gasteiger partial charge in [-0.3, -0.25) is 9.48 Å². The molecule has 2 fully saturated rings. The monoisotopic (exact) mass is 357 g/mol. The molecule has 140 valence electrons. The third kappa shape index (κ3) is 2.83. The molecule has 1 unspecified atom stereocenters. The van der Waals surface area contributed by atoms with Gasteiger partial charge in [-0.25, -0.2) is 0 Å². The molecule has 1 aliphatic carbocycles. The van der Waals surface area contributed by atoms with Crippen molar-refractivity contribution in [1.82, 2.24) is 24.9 Å². The minimum absolute atomic E-state index is 0.215. The first-order chi connectivity index (χ1) is 12.4. The lowest BCUT2D eigenvalue weighted by atomic mass is 9.90. The van der Waals surface area contributed by atoms with Gasteiger partial charge in [-0.2, -0.15) is 5.10 Å². The number of carbonyl (C=O) groups excluding carboxylic acids is 1. The van der Waals surface area contributed by atoms with Gasteiger partial charge in [-0.15, -0.1) is 10.2 Å². The van der Waals surface area contributed by atoms with Crippen molar-refractivity contribution < 1.29 is 9.21 Å². The third-order valence-corrected chi connectivity index (χ3v) is 6.30. The topological polar surface area (TPSA) is 77.1 Å². The molecular formula is C19H27N5O2. The molecule has 0 bridgehead atoms. The second-order valence-electron chi connectivity index (χ2n) is 7.80. The molecule has 1 aliphatic heterocycles. The predicted molar refractivity (Wildman–Crippen MR) is 95.7 cm³/mol. The predicted octanol–water partition coefficient (Wildman–Crippen LogP) is 2.55. The molecule has 1 spiro atoms. The number of hydrogen-bond acceptors (Lipinski definition) is 5. The minimum atomic E-state index is 0.215. The molecule has 1 saturated heterocycles. The van der Waals surface area contributed by atoms with Gasteiger partial charge >= 0.3 is 0 Å². The molecule has 7 nitrogen and oxygen atoms in total. The molecule has 1 amide bonds. The Morgan fingerprint density at radius 1 is 1.23 bits per heavy atom. The van der Waals surface area contributed by atoms with Crippen molar-refractivity contribution in [2.45, 2.75) is 65.8 Å². The van der Waals surface area contributed by atoms with Gasteiger partial charge in [0.1, 0.15) is 0 Å². The SMILES string of the molecule is CCn1nc(C)c(CC(=O)N2CCC3(CC2)CC3c2nnc(C)o2)c1C. The zero-order chi connectivity index (χ0) is 18.5. The fourth-order valence-electron chi connectivity index (χ4n) is 4.46. The molecule has 2 aromatic heterocycles. The number of nitrogens with zero attached hydrogens (tertiary/aromatic N) is 5. The first-order valence-corrected chi connectivity index (χ1v) is 9.54. The highest BCUT2D eigenvalue weighted by atomic mass is 16.4. The zero-order valence-electron chi connectivity index (χ0n) is 16.1. The van der Waals surface area contributed by atoms with Crippen molar-refractivity contribution in [3.63, 3.8) is 0 Å². The maximum absolute atomic E-state index is 12.8. The summed E-state index contributed by atoms with van der Waals surface area (Å²) in [5, 5.41) is 12.7. The van der Waals surface area contributed by atoms with Gasteiger partial charge in [0.25, 0.3) is 0 Å². The number of hydrogen-bond donors (Lipinski definition) is 0. The van der Waals surface area contributed by atoms with E-state index in [1.165, 1.54) is 0 Å². The number of carbonyl (C=O) groups is 1. The normalized spacial score (nSPS) is 21.4. The van der Waals surface area contributed by atoms with Crippen molar-refractivity contribution in [3.8, 4) is 0 Å². The molecule has 1 atom stereocenters. The van der Waals surface area contributed by atoms with Crippen LogP contribution in [-0.4, -0.2) is 43.9 Å². The van der Waals surface area contributed by atoms with Crippen LogP contribution < -0.4 is 0 Å². The van der Waals surface area contributed by atoms with Crippen LogP contribution in [0.1, 0.15) is 60.8 Å². The Kier molecular flexibility index (Phi) is 4.12. The maximum atomic E-state index is 12.8. The molecule has 0 radical (unpaired) electrons. The van der Waals surface area contributed by atoms with E-state index < -0.39 is 0 Å². The second-order valence-corrected chi connectivity index (χ2v) is 7.80. The standard InChI is InChI=1S/C19H27N5O2/c1-5-24-13(3)15(12(2)22-24)10-17(25)23-8-6-19(7-9-23)11-16(19)18-21-20-14(4)26-18/h16H,5-11H2,1-4H3. The van der Waals surface area contributed by atoms with E-state index in [2.05, 4.69) is 29.1 Å². The maximum Gasteiger partial charge on any atom is 0.227 e. The van der Waals surface area contributed by atoms with Crippen molar-refractivity contribution in [2.75, 3.05) is 13.1 Å². The largest absolute Gasteiger partial charge is 0.425 e. The van der Waals surface area contributed by atoms with Gasteiger partial charge in [0.05, 0.1) is 12.1 Å². The van der Waals surface area contributed by atoms with Crippen LogP contribution in [0, 0.1) is 26.2 Å². The second kappa shape index (κ2) is 6.21. The van der Waals surface area contributed by atoms with Crippen LogP contribution in [0.15, 0.2) is 4.42 Å². The lowest BCUT2D eigenvalue weighted by Gasteiger charge is -2.32. The van der Waals surface area contributed by atoms with Crippen molar-refractivity contribution in [1.29, 1.82) is 0 Å². The average molecular weight is 357 g/mol. The summed E-state index contributed by atoms with van der Waals surface area (Å²) < 4.78 is 7.59. The Morgan fingerprint density at radius 2 is 1.96 bits per heavy atom. The Morgan fingerprint density at radius 3 is 2.54 bits per heavy atom. The number of piperidine rings is 1. The van der Waals surface area contributed by atoms with Crippen LogP contribution in [0.25, 0.3) is 0 Å². The highest BCUT2D eigenvalue weighted by molar-refractivity contribution is 5.79. The lowest BCUT2D eigenvalue weighted by Crippen LogP contribution is -2.40. The Bertz CT molecular complexity index is 829. The van der Waals surface area contributed by atoms with Gasteiger partial charge in [-0.1, -0.05) is 0 Å². The molecule has 0 aromatic carbocycles. The van der Waals surface area contributed by atoms with Gasteiger partial charge in [0.15, 0.2) is 0 Å². The van der Waals surface area contributed by atoms with Crippen LogP contribution in [-0.2, 0) is 17.8 Å². The van der Waals surface area contributed by atoms with Crippen LogP contribution >= 0.6 is 0 Å². The summed E-state index contributed by atoms with van der Waals surface area (Å²) in [4.78, 5) is 14.8. The summed E-state index contributed by atoms with van der Waals surface area (Å²) in [7, 11) is 0.